The maximum absolute atomic E-state index is 12.6. The summed E-state index contributed by atoms with van der Waals surface area (Å²) in [6, 6.07) is -1.000. The van der Waals surface area contributed by atoms with Gasteiger partial charge in [0.05, 0.1) is 18.8 Å². The molecule has 0 aliphatic rings. The van der Waals surface area contributed by atoms with E-state index in [1.807, 2.05) is 0 Å². The Labute approximate surface area is 457 Å². The van der Waals surface area contributed by atoms with Crippen molar-refractivity contribution < 1.29 is 25.2 Å². The van der Waals surface area contributed by atoms with E-state index in [4.69, 9.17) is 0 Å². The molecule has 4 atom stereocenters. The largest absolute Gasteiger partial charge is 0.394 e. The van der Waals surface area contributed by atoms with Crippen LogP contribution in [0, 0.1) is 0 Å². The number of hydrogen-bond donors (Lipinski definition) is 5. The predicted octanol–water partition coefficient (Wildman–Crippen LogP) is 20.4. The Bertz CT molecular complexity index is 1070. The molecule has 0 aromatic rings. The van der Waals surface area contributed by atoms with Crippen LogP contribution in [0.15, 0.2) is 12.2 Å². The number of hydrogen-bond acceptors (Lipinski definition) is 5. The van der Waals surface area contributed by atoms with Crippen molar-refractivity contribution >= 4 is 5.91 Å². The third kappa shape index (κ3) is 55.6. The highest BCUT2D eigenvalue weighted by Gasteiger charge is 2.28. The van der Waals surface area contributed by atoms with Crippen molar-refractivity contribution in [1.29, 1.82) is 0 Å². The first kappa shape index (κ1) is 72.0. The molecule has 0 aliphatic carbocycles. The summed E-state index contributed by atoms with van der Waals surface area (Å²) in [5, 5.41) is 44.1. The van der Waals surface area contributed by atoms with Crippen LogP contribution < -0.4 is 5.32 Å². The van der Waals surface area contributed by atoms with Gasteiger partial charge in [-0.2, -0.15) is 0 Å². The molecule has 0 fully saturated rings. The fraction of sp³-hybridized carbons (Fsp3) is 0.955. The van der Waals surface area contributed by atoms with Gasteiger partial charge in [0, 0.05) is 0 Å². The first-order valence-corrected chi connectivity index (χ1v) is 33.6. The van der Waals surface area contributed by atoms with Gasteiger partial charge in [0.2, 0.25) is 5.91 Å². The quantitative estimate of drug-likeness (QED) is 0.0308. The zero-order valence-corrected chi connectivity index (χ0v) is 49.7. The number of nitrogens with one attached hydrogen (secondary N) is 1. The van der Waals surface area contributed by atoms with E-state index in [1.54, 1.807) is 0 Å². The molecule has 0 radical (unpaired) electrons. The molecule has 6 heteroatoms. The Morgan fingerprint density at radius 3 is 0.822 bits per heavy atom. The van der Waals surface area contributed by atoms with E-state index in [1.165, 1.54) is 315 Å². The molecule has 0 bridgehead atoms. The Hall–Kier alpha value is -0.950. The molecule has 0 saturated heterocycles. The van der Waals surface area contributed by atoms with Gasteiger partial charge in [-0.25, -0.2) is 0 Å². The highest BCUT2D eigenvalue weighted by atomic mass is 16.3. The normalized spacial score (nSPS) is 13.6. The van der Waals surface area contributed by atoms with Gasteiger partial charge in [-0.15, -0.1) is 0 Å². The molecule has 5 N–H and O–H groups in total. The first-order valence-electron chi connectivity index (χ1n) is 33.6. The molecule has 6 nitrogen and oxygen atoms in total. The third-order valence-electron chi connectivity index (χ3n) is 16.2. The lowest BCUT2D eigenvalue weighted by Crippen LogP contribution is -2.53. The summed E-state index contributed by atoms with van der Waals surface area (Å²) in [6.07, 6.45) is 76.2. The molecule has 0 rings (SSSR count). The van der Waals surface area contributed by atoms with Gasteiger partial charge in [0.1, 0.15) is 12.2 Å². The molecule has 0 aromatic heterocycles. The maximum atomic E-state index is 12.6. The average Bonchev–Trinajstić information content (AvgIpc) is 3.40. The summed E-state index contributed by atoms with van der Waals surface area (Å²) < 4.78 is 0. The number of allylic oxidation sites excluding steroid dienone is 2. The predicted molar refractivity (Wildman–Crippen MR) is 321 cm³/mol. The summed E-state index contributed by atoms with van der Waals surface area (Å²) in [5.74, 6) is -0.584. The van der Waals surface area contributed by atoms with Crippen LogP contribution in [0.1, 0.15) is 380 Å². The second kappa shape index (κ2) is 61.9. The monoisotopic (exact) mass is 1030 g/mol. The van der Waals surface area contributed by atoms with Gasteiger partial charge in [-0.05, 0) is 38.5 Å². The zero-order valence-electron chi connectivity index (χ0n) is 49.7. The minimum atomic E-state index is -1.28. The van der Waals surface area contributed by atoms with E-state index in [-0.39, 0.29) is 0 Å². The van der Waals surface area contributed by atoms with Gasteiger partial charge >= 0.3 is 0 Å². The van der Waals surface area contributed by atoms with Crippen molar-refractivity contribution in [2.75, 3.05) is 6.61 Å². The summed E-state index contributed by atoms with van der Waals surface area (Å²) in [4.78, 5) is 12.6. The highest BCUT2D eigenvalue weighted by molar-refractivity contribution is 5.80. The van der Waals surface area contributed by atoms with E-state index in [0.717, 1.165) is 38.5 Å². The number of rotatable bonds is 63. The number of unbranched alkanes of at least 4 members (excludes halogenated alkanes) is 52. The van der Waals surface area contributed by atoms with Crippen LogP contribution in [-0.2, 0) is 4.79 Å². The third-order valence-corrected chi connectivity index (χ3v) is 16.2. The van der Waals surface area contributed by atoms with Crippen molar-refractivity contribution in [2.45, 2.75) is 404 Å². The topological polar surface area (TPSA) is 110 Å². The van der Waals surface area contributed by atoms with Crippen molar-refractivity contribution in [3.8, 4) is 0 Å². The maximum Gasteiger partial charge on any atom is 0.249 e. The standard InChI is InChI=1S/C67H133NO5/c1-3-5-7-9-11-13-15-17-19-21-23-25-27-29-30-31-32-33-34-35-37-39-41-43-45-47-49-51-53-55-57-59-61-65(71)67(73)68-63(62-69)66(72)64(70)60-58-56-54-52-50-48-46-44-42-40-38-36-28-26-24-22-20-18-16-14-12-10-8-6-4-2/h52,54,63-66,69-72H,3-51,53,55-62H2,1-2H3,(H,68,73)/b54-52+. The molecule has 1 amide bonds. The van der Waals surface area contributed by atoms with Crippen molar-refractivity contribution in [3.05, 3.63) is 12.2 Å². The number of aliphatic hydroxyl groups is 4. The van der Waals surface area contributed by atoms with Gasteiger partial charge in [0.15, 0.2) is 0 Å². The summed E-state index contributed by atoms with van der Waals surface area (Å²) in [6.45, 7) is 4.10. The van der Waals surface area contributed by atoms with E-state index >= 15 is 0 Å². The number of carbonyl (C=O) groups is 1. The van der Waals surface area contributed by atoms with Crippen LogP contribution in [0.2, 0.25) is 0 Å². The van der Waals surface area contributed by atoms with Crippen LogP contribution in [0.25, 0.3) is 0 Å². The molecule has 4 unspecified atom stereocenters. The van der Waals surface area contributed by atoms with E-state index in [2.05, 4.69) is 31.3 Å². The van der Waals surface area contributed by atoms with Gasteiger partial charge < -0.3 is 25.7 Å². The van der Waals surface area contributed by atoms with Crippen molar-refractivity contribution in [1.82, 2.24) is 5.32 Å². The lowest BCUT2D eigenvalue weighted by atomic mass is 10.00. The number of aliphatic hydroxyl groups excluding tert-OH is 4. The van der Waals surface area contributed by atoms with Gasteiger partial charge in [0.25, 0.3) is 0 Å². The van der Waals surface area contributed by atoms with Gasteiger partial charge in [-0.1, -0.05) is 353 Å². The van der Waals surface area contributed by atoms with E-state index in [9.17, 15) is 25.2 Å². The summed E-state index contributed by atoms with van der Waals surface area (Å²) in [5.41, 5.74) is 0. The lowest BCUT2D eigenvalue weighted by Gasteiger charge is -2.27. The molecule has 0 aliphatic heterocycles. The van der Waals surface area contributed by atoms with Crippen LogP contribution >= 0.6 is 0 Å². The Morgan fingerprint density at radius 2 is 0.562 bits per heavy atom. The summed E-state index contributed by atoms with van der Waals surface area (Å²) in [7, 11) is 0. The first-order chi connectivity index (χ1) is 36.0. The molecule has 0 aromatic carbocycles. The molecule has 0 spiro atoms. The Kier molecular flexibility index (Phi) is 61.1. The molecule has 0 saturated carbocycles. The molecule has 436 valence electrons. The second-order valence-corrected chi connectivity index (χ2v) is 23.5. The summed E-state index contributed by atoms with van der Waals surface area (Å²) >= 11 is 0. The van der Waals surface area contributed by atoms with Gasteiger partial charge in [-0.3, -0.25) is 4.79 Å². The molecule has 0 heterocycles. The lowest BCUT2D eigenvalue weighted by molar-refractivity contribution is -0.132. The van der Waals surface area contributed by atoms with Crippen LogP contribution in [0.4, 0.5) is 0 Å². The Balaban J connectivity index is 3.54. The number of amides is 1. The fourth-order valence-electron chi connectivity index (χ4n) is 11.0. The highest BCUT2D eigenvalue weighted by Crippen LogP contribution is 2.19. The zero-order chi connectivity index (χ0) is 53.0. The van der Waals surface area contributed by atoms with Crippen LogP contribution in [0.5, 0.6) is 0 Å². The van der Waals surface area contributed by atoms with Crippen LogP contribution in [-0.4, -0.2) is 57.3 Å². The Morgan fingerprint density at radius 1 is 0.329 bits per heavy atom. The fourth-order valence-corrected chi connectivity index (χ4v) is 11.0. The molecular weight excluding hydrogens is 899 g/mol. The SMILES string of the molecule is CCCCCCCCCCCCCCCCCCCCCC/C=C/CCCC(O)C(O)C(CO)NC(=O)C(O)CCCCCCCCCCCCCCCCCCCCCCCCCCCCCCCCCC. The number of carbonyl (C=O) groups excluding carboxylic acids is 1. The second-order valence-electron chi connectivity index (χ2n) is 23.5. The minimum Gasteiger partial charge on any atom is -0.394 e. The molecular formula is C67H133NO5. The van der Waals surface area contributed by atoms with Crippen LogP contribution in [0.3, 0.4) is 0 Å². The smallest absolute Gasteiger partial charge is 0.249 e. The van der Waals surface area contributed by atoms with E-state index in [0.29, 0.717) is 12.8 Å². The van der Waals surface area contributed by atoms with E-state index < -0.39 is 36.9 Å². The average molecular weight is 1030 g/mol. The van der Waals surface area contributed by atoms with Crippen molar-refractivity contribution in [2.24, 2.45) is 0 Å². The van der Waals surface area contributed by atoms with Crippen molar-refractivity contribution in [3.63, 3.8) is 0 Å². The minimum absolute atomic E-state index is 0.369. The molecule has 73 heavy (non-hydrogen) atoms.